The highest BCUT2D eigenvalue weighted by Crippen LogP contribution is 2.32. The summed E-state index contributed by atoms with van der Waals surface area (Å²) in [6.45, 7) is 0.514. The number of hydrogen-bond acceptors (Lipinski definition) is 6. The number of aryl methyl sites for hydroxylation is 1. The van der Waals surface area contributed by atoms with Crippen LogP contribution < -0.4 is 21.5 Å². The maximum atomic E-state index is 13.2. The fraction of sp³-hybridized carbons (Fsp3) is 0.391. The zero-order chi connectivity index (χ0) is 26.0. The second kappa shape index (κ2) is 9.45. The van der Waals surface area contributed by atoms with Crippen LogP contribution in [0.3, 0.4) is 0 Å². The van der Waals surface area contributed by atoms with E-state index < -0.39 is 12.9 Å². The lowest BCUT2D eigenvalue weighted by Gasteiger charge is -2.13. The van der Waals surface area contributed by atoms with E-state index in [9.17, 15) is 14.4 Å². The lowest BCUT2D eigenvalue weighted by molar-refractivity contribution is -0.117. The molecule has 174 valence electrons. The average Bonchev–Trinajstić information content (AvgIpc) is 3.60. The third-order valence-electron chi connectivity index (χ3n) is 5.61. The molecule has 0 unspecified atom stereocenters. The molecule has 3 heterocycles. The molecule has 0 spiro atoms. The van der Waals surface area contributed by atoms with Crippen LogP contribution in [-0.4, -0.2) is 46.6 Å². The van der Waals surface area contributed by atoms with Crippen molar-refractivity contribution in [3.05, 3.63) is 46.6 Å². The van der Waals surface area contributed by atoms with Gasteiger partial charge in [-0.25, -0.2) is 4.98 Å². The number of rotatable bonds is 9. The van der Waals surface area contributed by atoms with Crippen LogP contribution in [0.4, 0.5) is 17.2 Å². The third-order valence-corrected chi connectivity index (χ3v) is 5.61. The summed E-state index contributed by atoms with van der Waals surface area (Å²) in [6.07, 6.45) is 6.26. The van der Waals surface area contributed by atoms with Crippen LogP contribution in [-0.2, 0) is 22.6 Å². The molecular formula is C23H28N6O4. The molecule has 2 amide bonds. The Morgan fingerprint density at radius 2 is 2.12 bits per heavy atom. The lowest BCUT2D eigenvalue weighted by atomic mass is 10.2. The van der Waals surface area contributed by atoms with Crippen molar-refractivity contribution >= 4 is 39.9 Å². The van der Waals surface area contributed by atoms with Crippen molar-refractivity contribution in [1.82, 2.24) is 19.4 Å². The van der Waals surface area contributed by atoms with E-state index in [1.165, 1.54) is 12.3 Å². The van der Waals surface area contributed by atoms with Gasteiger partial charge in [-0.3, -0.25) is 14.4 Å². The molecule has 4 rings (SSSR count). The number of fused-ring (bicyclic) bond motifs is 1. The van der Waals surface area contributed by atoms with Crippen molar-refractivity contribution in [3.63, 3.8) is 0 Å². The molecule has 1 aliphatic rings. The van der Waals surface area contributed by atoms with Crippen LogP contribution >= 0.6 is 0 Å². The first-order valence-electron chi connectivity index (χ1n) is 12.2. The first-order chi connectivity index (χ1) is 17.1. The van der Waals surface area contributed by atoms with E-state index in [2.05, 4.69) is 15.6 Å². The van der Waals surface area contributed by atoms with Crippen LogP contribution in [0.2, 0.25) is 0 Å². The van der Waals surface area contributed by atoms with Gasteiger partial charge in [-0.05, 0) is 25.8 Å². The minimum atomic E-state index is -2.71. The van der Waals surface area contributed by atoms with E-state index in [1.54, 1.807) is 24.1 Å². The van der Waals surface area contributed by atoms with E-state index in [0.29, 0.717) is 36.3 Å². The molecule has 0 bridgehead atoms. The highest BCUT2D eigenvalue weighted by molar-refractivity contribution is 6.03. The quantitative estimate of drug-likeness (QED) is 0.456. The SMILES string of the molecule is [2H]C([2H])([2H])NC(=O)c1cnc(NC(=O)C2CC2)cc1Nc1cn(CCOC)c2ccn(CC)c(=O)c12. The molecule has 0 aliphatic heterocycles. The van der Waals surface area contributed by atoms with Gasteiger partial charge < -0.3 is 29.8 Å². The molecule has 0 aromatic carbocycles. The average molecular weight is 456 g/mol. The summed E-state index contributed by atoms with van der Waals surface area (Å²) in [6, 6.07) is 3.28. The van der Waals surface area contributed by atoms with Gasteiger partial charge in [0.05, 0.1) is 34.4 Å². The van der Waals surface area contributed by atoms with Crippen LogP contribution in [0.25, 0.3) is 10.9 Å². The minimum absolute atomic E-state index is 0.0555. The molecule has 33 heavy (non-hydrogen) atoms. The van der Waals surface area contributed by atoms with Gasteiger partial charge in [0.25, 0.3) is 11.5 Å². The number of nitrogens with zero attached hydrogens (tertiary/aromatic N) is 3. The van der Waals surface area contributed by atoms with Gasteiger partial charge in [-0.2, -0.15) is 0 Å². The standard InChI is InChI=1S/C23H28N6O4/c1-4-28-8-7-18-20(23(28)32)17(13-29(18)9-10-33-3)26-16-11-19(27-21(30)14-5-6-14)25-12-15(16)22(31)24-2/h7-8,11-14H,4-6,9-10H2,1-3H3,(H,24,31)(H2,25,26,27,30)/i2D3. The predicted octanol–water partition coefficient (Wildman–Crippen LogP) is 2.32. The van der Waals surface area contributed by atoms with E-state index >= 15 is 0 Å². The number of nitrogens with one attached hydrogen (secondary N) is 3. The zero-order valence-electron chi connectivity index (χ0n) is 21.5. The monoisotopic (exact) mass is 455 g/mol. The van der Waals surface area contributed by atoms with Crippen molar-refractivity contribution in [3.8, 4) is 0 Å². The van der Waals surface area contributed by atoms with E-state index in [4.69, 9.17) is 8.85 Å². The molecule has 0 atom stereocenters. The molecule has 1 aliphatic carbocycles. The maximum absolute atomic E-state index is 13.2. The summed E-state index contributed by atoms with van der Waals surface area (Å²) >= 11 is 0. The molecule has 1 fully saturated rings. The summed E-state index contributed by atoms with van der Waals surface area (Å²) in [5.74, 6) is -0.906. The lowest BCUT2D eigenvalue weighted by Crippen LogP contribution is -2.21. The Kier molecular flexibility index (Phi) is 5.40. The summed E-state index contributed by atoms with van der Waals surface area (Å²) in [5, 5.41) is 8.20. The number of methoxy groups -OCH3 is 1. The third kappa shape index (κ3) is 4.61. The van der Waals surface area contributed by atoms with Crippen molar-refractivity contribution in [2.75, 3.05) is 31.3 Å². The zero-order valence-corrected chi connectivity index (χ0v) is 18.5. The van der Waals surface area contributed by atoms with Crippen molar-refractivity contribution in [2.45, 2.75) is 32.9 Å². The summed E-state index contributed by atoms with van der Waals surface area (Å²) in [5.41, 5.74) is 1.00. The van der Waals surface area contributed by atoms with Gasteiger partial charge in [-0.1, -0.05) is 0 Å². The Labute approximate surface area is 195 Å². The summed E-state index contributed by atoms with van der Waals surface area (Å²) in [4.78, 5) is 42.4. The minimum Gasteiger partial charge on any atom is -0.383 e. The highest BCUT2D eigenvalue weighted by Gasteiger charge is 2.30. The van der Waals surface area contributed by atoms with E-state index in [1.807, 2.05) is 22.9 Å². The molecule has 10 heteroatoms. The molecule has 3 N–H and O–H groups in total. The van der Waals surface area contributed by atoms with Crippen molar-refractivity contribution < 1.29 is 18.4 Å². The number of pyridine rings is 2. The largest absolute Gasteiger partial charge is 0.383 e. The Hall–Kier alpha value is -3.66. The molecule has 3 aromatic heterocycles. The predicted molar refractivity (Wildman–Crippen MR) is 126 cm³/mol. The number of hydrogen-bond donors (Lipinski definition) is 3. The van der Waals surface area contributed by atoms with Gasteiger partial charge in [0.15, 0.2) is 0 Å². The first kappa shape index (κ1) is 18.9. The van der Waals surface area contributed by atoms with Crippen LogP contribution in [0, 0.1) is 5.92 Å². The Morgan fingerprint density at radius 1 is 1.30 bits per heavy atom. The maximum Gasteiger partial charge on any atom is 0.262 e. The van der Waals surface area contributed by atoms with Gasteiger partial charge in [0.2, 0.25) is 5.91 Å². The van der Waals surface area contributed by atoms with Crippen LogP contribution in [0.5, 0.6) is 0 Å². The number of anilines is 3. The first-order valence-corrected chi connectivity index (χ1v) is 10.7. The smallest absolute Gasteiger partial charge is 0.262 e. The van der Waals surface area contributed by atoms with E-state index in [0.717, 1.165) is 12.8 Å². The van der Waals surface area contributed by atoms with Gasteiger partial charge in [-0.15, -0.1) is 0 Å². The molecular weight excluding hydrogens is 424 g/mol. The molecule has 3 aromatic rings. The molecule has 1 saturated carbocycles. The second-order valence-electron chi connectivity index (χ2n) is 7.85. The molecule has 0 saturated heterocycles. The van der Waals surface area contributed by atoms with E-state index in [-0.39, 0.29) is 34.5 Å². The number of carbonyl (C=O) groups is 2. The topological polar surface area (TPSA) is 119 Å². The fourth-order valence-electron chi connectivity index (χ4n) is 3.66. The van der Waals surface area contributed by atoms with Crippen molar-refractivity contribution in [2.24, 2.45) is 5.92 Å². The Morgan fingerprint density at radius 3 is 2.82 bits per heavy atom. The van der Waals surface area contributed by atoms with Crippen molar-refractivity contribution in [1.29, 1.82) is 0 Å². The number of aromatic nitrogens is 3. The van der Waals surface area contributed by atoms with Crippen LogP contribution in [0.1, 0.15) is 34.2 Å². The number of amides is 2. The molecule has 0 radical (unpaired) electrons. The second-order valence-corrected chi connectivity index (χ2v) is 7.85. The normalized spacial score (nSPS) is 14.9. The summed E-state index contributed by atoms with van der Waals surface area (Å²) < 4.78 is 30.8. The Bertz CT molecular complexity index is 1360. The van der Waals surface area contributed by atoms with Gasteiger partial charge in [0.1, 0.15) is 5.82 Å². The van der Waals surface area contributed by atoms with Gasteiger partial charge in [0, 0.05) is 61.9 Å². The highest BCUT2D eigenvalue weighted by atomic mass is 16.5. The number of carbonyl (C=O) groups excluding carboxylic acids is 2. The molecule has 10 nitrogen and oxygen atoms in total. The summed E-state index contributed by atoms with van der Waals surface area (Å²) in [7, 11) is 1.58. The Balaban J connectivity index is 1.79. The fourth-order valence-corrected chi connectivity index (χ4v) is 3.66. The van der Waals surface area contributed by atoms with Gasteiger partial charge >= 0.3 is 0 Å². The number of ether oxygens (including phenoxy) is 1. The van der Waals surface area contributed by atoms with Crippen LogP contribution in [0.15, 0.2) is 35.5 Å².